The molecule has 2 unspecified atom stereocenters. The lowest BCUT2D eigenvalue weighted by Gasteiger charge is -2.34. The van der Waals surface area contributed by atoms with Crippen molar-refractivity contribution in [3.05, 3.63) is 35.9 Å². The van der Waals surface area contributed by atoms with Crippen molar-refractivity contribution in [3.63, 3.8) is 0 Å². The van der Waals surface area contributed by atoms with Gasteiger partial charge in [0.05, 0.1) is 0 Å². The summed E-state index contributed by atoms with van der Waals surface area (Å²) in [7, 11) is 0. The van der Waals surface area contributed by atoms with Crippen LogP contribution in [0.25, 0.3) is 0 Å². The number of nitrogens with two attached hydrogens (primary N) is 1. The standard InChI is InChI=1S/C19H28N2O/c20-13-15-9-6-11-17(15)19(22)21-18-12-5-4-10-16(18)14-7-2-1-3-8-14/h1-3,7-8,15-18H,4-6,9-13,20H2,(H,21,22)/t15-,16?,17-,18?/m1/s1. The smallest absolute Gasteiger partial charge is 0.223 e. The summed E-state index contributed by atoms with van der Waals surface area (Å²) in [5, 5.41) is 3.38. The number of carbonyl (C=O) groups is 1. The fourth-order valence-electron chi connectivity index (χ4n) is 4.36. The highest BCUT2D eigenvalue weighted by Crippen LogP contribution is 2.35. The van der Waals surface area contributed by atoms with Crippen molar-refractivity contribution in [1.29, 1.82) is 0 Å². The summed E-state index contributed by atoms with van der Waals surface area (Å²) in [4.78, 5) is 12.7. The van der Waals surface area contributed by atoms with Crippen LogP contribution in [0.5, 0.6) is 0 Å². The molecule has 3 nitrogen and oxygen atoms in total. The van der Waals surface area contributed by atoms with E-state index in [-0.39, 0.29) is 11.8 Å². The molecule has 3 rings (SSSR count). The van der Waals surface area contributed by atoms with Crippen LogP contribution >= 0.6 is 0 Å². The first-order chi connectivity index (χ1) is 10.8. The van der Waals surface area contributed by atoms with Gasteiger partial charge in [-0.1, -0.05) is 49.6 Å². The normalized spacial score (nSPS) is 31.9. The van der Waals surface area contributed by atoms with Crippen LogP contribution in [0.3, 0.4) is 0 Å². The van der Waals surface area contributed by atoms with E-state index in [0.717, 1.165) is 25.7 Å². The van der Waals surface area contributed by atoms with Gasteiger partial charge in [0.1, 0.15) is 0 Å². The van der Waals surface area contributed by atoms with E-state index >= 15 is 0 Å². The molecule has 1 amide bonds. The molecule has 1 aromatic rings. The fourth-order valence-corrected chi connectivity index (χ4v) is 4.36. The van der Waals surface area contributed by atoms with Gasteiger partial charge in [0.2, 0.25) is 5.91 Å². The predicted octanol–water partition coefficient (Wildman–Crippen LogP) is 3.20. The predicted molar refractivity (Wildman–Crippen MR) is 89.5 cm³/mol. The molecule has 2 aliphatic rings. The lowest BCUT2D eigenvalue weighted by molar-refractivity contribution is -0.127. The number of benzene rings is 1. The zero-order chi connectivity index (χ0) is 15.4. The highest BCUT2D eigenvalue weighted by molar-refractivity contribution is 5.79. The maximum atomic E-state index is 12.7. The minimum absolute atomic E-state index is 0.142. The van der Waals surface area contributed by atoms with E-state index in [9.17, 15) is 4.79 Å². The van der Waals surface area contributed by atoms with Gasteiger partial charge in [-0.2, -0.15) is 0 Å². The van der Waals surface area contributed by atoms with Crippen molar-refractivity contribution in [2.75, 3.05) is 6.54 Å². The summed E-state index contributed by atoms with van der Waals surface area (Å²) < 4.78 is 0. The average Bonchev–Trinajstić information content (AvgIpc) is 3.05. The lowest BCUT2D eigenvalue weighted by Crippen LogP contribution is -2.45. The summed E-state index contributed by atoms with van der Waals surface area (Å²) >= 11 is 0. The number of hydrogen-bond donors (Lipinski definition) is 2. The Morgan fingerprint density at radius 2 is 1.82 bits per heavy atom. The van der Waals surface area contributed by atoms with Crippen LogP contribution in [0.4, 0.5) is 0 Å². The summed E-state index contributed by atoms with van der Waals surface area (Å²) in [5.74, 6) is 1.25. The maximum Gasteiger partial charge on any atom is 0.223 e. The summed E-state index contributed by atoms with van der Waals surface area (Å²) in [6, 6.07) is 11.0. The van der Waals surface area contributed by atoms with E-state index in [1.54, 1.807) is 0 Å². The molecule has 0 spiro atoms. The largest absolute Gasteiger partial charge is 0.353 e. The van der Waals surface area contributed by atoms with Crippen LogP contribution in [0.15, 0.2) is 30.3 Å². The van der Waals surface area contributed by atoms with Crippen LogP contribution in [-0.2, 0) is 4.79 Å². The Balaban J connectivity index is 1.68. The Bertz CT molecular complexity index is 487. The third-order valence-electron chi connectivity index (χ3n) is 5.62. The molecule has 2 saturated carbocycles. The Hall–Kier alpha value is -1.35. The second-order valence-electron chi connectivity index (χ2n) is 6.95. The van der Waals surface area contributed by atoms with Crippen molar-refractivity contribution >= 4 is 5.91 Å². The fraction of sp³-hybridized carbons (Fsp3) is 0.632. The number of hydrogen-bond acceptors (Lipinski definition) is 2. The Morgan fingerprint density at radius 1 is 1.05 bits per heavy atom. The molecule has 0 heterocycles. The minimum atomic E-state index is 0.142. The van der Waals surface area contributed by atoms with E-state index in [2.05, 4.69) is 35.6 Å². The molecule has 0 saturated heterocycles. The lowest BCUT2D eigenvalue weighted by atomic mass is 9.79. The van der Waals surface area contributed by atoms with E-state index < -0.39 is 0 Å². The van der Waals surface area contributed by atoms with Crippen LogP contribution in [0.1, 0.15) is 56.4 Å². The summed E-state index contributed by atoms with van der Waals surface area (Å²) in [6.07, 6.45) is 8.04. The zero-order valence-electron chi connectivity index (χ0n) is 13.3. The average molecular weight is 300 g/mol. The third kappa shape index (κ3) is 3.35. The number of rotatable bonds is 4. The molecular formula is C19H28N2O. The van der Waals surface area contributed by atoms with Gasteiger partial charge in [0.25, 0.3) is 0 Å². The van der Waals surface area contributed by atoms with Crippen LogP contribution in [0.2, 0.25) is 0 Å². The van der Waals surface area contributed by atoms with Crippen molar-refractivity contribution < 1.29 is 4.79 Å². The van der Waals surface area contributed by atoms with Crippen molar-refractivity contribution in [2.24, 2.45) is 17.6 Å². The van der Waals surface area contributed by atoms with Crippen molar-refractivity contribution in [3.8, 4) is 0 Å². The third-order valence-corrected chi connectivity index (χ3v) is 5.62. The Labute approximate surface area is 133 Å². The van der Waals surface area contributed by atoms with Gasteiger partial charge in [-0.15, -0.1) is 0 Å². The summed E-state index contributed by atoms with van der Waals surface area (Å²) in [5.41, 5.74) is 7.20. The van der Waals surface area contributed by atoms with Gasteiger partial charge in [0, 0.05) is 17.9 Å². The van der Waals surface area contributed by atoms with Crippen LogP contribution < -0.4 is 11.1 Å². The minimum Gasteiger partial charge on any atom is -0.353 e. The molecule has 0 radical (unpaired) electrons. The second-order valence-corrected chi connectivity index (χ2v) is 6.95. The topological polar surface area (TPSA) is 55.1 Å². The molecule has 0 bridgehead atoms. The molecule has 2 fully saturated rings. The molecule has 2 aliphatic carbocycles. The Morgan fingerprint density at radius 3 is 2.59 bits per heavy atom. The van der Waals surface area contributed by atoms with Crippen LogP contribution in [0, 0.1) is 11.8 Å². The molecule has 3 N–H and O–H groups in total. The van der Waals surface area contributed by atoms with Gasteiger partial charge in [0.15, 0.2) is 0 Å². The van der Waals surface area contributed by atoms with E-state index in [0.29, 0.717) is 24.4 Å². The van der Waals surface area contributed by atoms with Gasteiger partial charge < -0.3 is 11.1 Å². The summed E-state index contributed by atoms with van der Waals surface area (Å²) in [6.45, 7) is 0.644. The highest BCUT2D eigenvalue weighted by Gasteiger charge is 2.35. The first kappa shape index (κ1) is 15.5. The molecule has 4 atom stereocenters. The maximum absolute atomic E-state index is 12.7. The quantitative estimate of drug-likeness (QED) is 0.897. The van der Waals surface area contributed by atoms with E-state index in [4.69, 9.17) is 5.73 Å². The molecule has 0 aromatic heterocycles. The van der Waals surface area contributed by atoms with E-state index in [1.807, 2.05) is 0 Å². The molecule has 1 aromatic carbocycles. The van der Waals surface area contributed by atoms with Gasteiger partial charge in [-0.3, -0.25) is 4.79 Å². The first-order valence-corrected chi connectivity index (χ1v) is 8.85. The SMILES string of the molecule is NC[C@H]1CCC[C@H]1C(=O)NC1CCCCC1c1ccccc1. The van der Waals surface area contributed by atoms with E-state index in [1.165, 1.54) is 24.8 Å². The Kier molecular flexibility index (Phi) is 5.14. The van der Waals surface area contributed by atoms with Crippen LogP contribution in [-0.4, -0.2) is 18.5 Å². The molecular weight excluding hydrogens is 272 g/mol. The second kappa shape index (κ2) is 7.28. The monoisotopic (exact) mass is 300 g/mol. The van der Waals surface area contributed by atoms with Crippen molar-refractivity contribution in [2.45, 2.75) is 56.9 Å². The number of nitrogens with one attached hydrogen (secondary N) is 1. The molecule has 22 heavy (non-hydrogen) atoms. The van der Waals surface area contributed by atoms with Crippen molar-refractivity contribution in [1.82, 2.24) is 5.32 Å². The number of amides is 1. The molecule has 3 heteroatoms. The highest BCUT2D eigenvalue weighted by atomic mass is 16.2. The zero-order valence-corrected chi connectivity index (χ0v) is 13.3. The first-order valence-electron chi connectivity index (χ1n) is 8.85. The molecule has 120 valence electrons. The molecule has 0 aliphatic heterocycles. The van der Waals surface area contributed by atoms with Gasteiger partial charge in [-0.25, -0.2) is 0 Å². The van der Waals surface area contributed by atoms with Gasteiger partial charge in [-0.05, 0) is 43.7 Å². The van der Waals surface area contributed by atoms with Gasteiger partial charge >= 0.3 is 0 Å². The number of carbonyl (C=O) groups excluding carboxylic acids is 1.